The van der Waals surface area contributed by atoms with E-state index < -0.39 is 0 Å². The number of H-pyrrole nitrogens is 1. The highest BCUT2D eigenvalue weighted by atomic mass is 32.1. The molecule has 1 unspecified atom stereocenters. The summed E-state index contributed by atoms with van der Waals surface area (Å²) in [7, 11) is 0. The third kappa shape index (κ3) is 4.09. The number of nitrogens with one attached hydrogen (secondary N) is 1. The highest BCUT2D eigenvalue weighted by Gasteiger charge is 2.32. The number of Topliss-reactive ketones (excluding diaryl/α,β-unsaturated/α-hetero) is 1. The number of ether oxygens (including phenoxy) is 1. The Morgan fingerprint density at radius 2 is 2.08 bits per heavy atom. The normalized spacial score (nSPS) is 16.5. The predicted octanol–water partition coefficient (Wildman–Crippen LogP) is 5.42. The first kappa shape index (κ1) is 18.9. The quantitative estimate of drug-likeness (QED) is 0.496. The minimum Gasteiger partial charge on any atom is -0.461 e. The Hall–Kier alpha value is -1.88. The van der Waals surface area contributed by atoms with Gasteiger partial charge < -0.3 is 9.72 Å². The maximum absolute atomic E-state index is 12.6. The second kappa shape index (κ2) is 8.67. The van der Waals surface area contributed by atoms with Crippen LogP contribution in [0.3, 0.4) is 0 Å². The Kier molecular flexibility index (Phi) is 6.30. The lowest BCUT2D eigenvalue weighted by Gasteiger charge is -2.20. The van der Waals surface area contributed by atoms with Gasteiger partial charge in [-0.1, -0.05) is 38.7 Å². The fourth-order valence-electron chi connectivity index (χ4n) is 3.70. The molecule has 2 aromatic rings. The van der Waals surface area contributed by atoms with Crippen LogP contribution in [0.15, 0.2) is 17.5 Å². The van der Waals surface area contributed by atoms with Crippen LogP contribution < -0.4 is 0 Å². The smallest absolute Gasteiger partial charge is 0.355 e. The molecule has 0 saturated heterocycles. The SMILES string of the molecule is CCCCCCCOC(=O)c1[nH]c2c(c1C)C(=O)CC(c1cccs1)C2. The van der Waals surface area contributed by atoms with Crippen molar-refractivity contribution in [1.82, 2.24) is 4.98 Å². The van der Waals surface area contributed by atoms with Crippen LogP contribution in [0.1, 0.15) is 88.3 Å². The van der Waals surface area contributed by atoms with E-state index in [1.807, 2.05) is 18.4 Å². The number of esters is 1. The van der Waals surface area contributed by atoms with Crippen molar-refractivity contribution in [3.8, 4) is 0 Å². The number of aromatic amines is 1. The maximum Gasteiger partial charge on any atom is 0.355 e. The summed E-state index contributed by atoms with van der Waals surface area (Å²) in [4.78, 5) is 29.5. The van der Waals surface area contributed by atoms with Crippen molar-refractivity contribution in [1.29, 1.82) is 0 Å². The summed E-state index contributed by atoms with van der Waals surface area (Å²) in [6, 6.07) is 4.10. The standard InChI is InChI=1S/C21H27NO3S/c1-3-4-5-6-7-10-25-21(24)20-14(2)19-16(22-20)12-15(13-17(19)23)18-9-8-11-26-18/h8-9,11,15,22H,3-7,10,12-13H2,1-2H3. The molecule has 0 aromatic carbocycles. The first-order valence-corrected chi connectivity index (χ1v) is 10.4. The summed E-state index contributed by atoms with van der Waals surface area (Å²) in [6.45, 7) is 4.47. The van der Waals surface area contributed by atoms with Crippen molar-refractivity contribution in [3.63, 3.8) is 0 Å². The van der Waals surface area contributed by atoms with Gasteiger partial charge in [-0.2, -0.15) is 0 Å². The lowest BCUT2D eigenvalue weighted by molar-refractivity contribution is 0.0490. The molecule has 0 spiro atoms. The first-order chi connectivity index (χ1) is 12.6. The summed E-state index contributed by atoms with van der Waals surface area (Å²) in [5.41, 5.74) is 2.77. The van der Waals surface area contributed by atoms with Gasteiger partial charge >= 0.3 is 5.97 Å². The van der Waals surface area contributed by atoms with Gasteiger partial charge in [-0.25, -0.2) is 4.79 Å². The Labute approximate surface area is 159 Å². The summed E-state index contributed by atoms with van der Waals surface area (Å²) in [5.74, 6) is -0.0135. The molecule has 3 rings (SSSR count). The average Bonchev–Trinajstić information content (AvgIpc) is 3.26. The molecule has 1 atom stereocenters. The number of rotatable bonds is 8. The van der Waals surface area contributed by atoms with Crippen molar-refractivity contribution in [3.05, 3.63) is 44.9 Å². The van der Waals surface area contributed by atoms with Crippen LogP contribution >= 0.6 is 11.3 Å². The minimum absolute atomic E-state index is 0.122. The Bertz CT molecular complexity index is 761. The maximum atomic E-state index is 12.6. The van der Waals surface area contributed by atoms with Crippen LogP contribution in [0, 0.1) is 6.92 Å². The van der Waals surface area contributed by atoms with Gasteiger partial charge in [-0.05, 0) is 36.8 Å². The van der Waals surface area contributed by atoms with E-state index in [-0.39, 0.29) is 17.7 Å². The van der Waals surface area contributed by atoms with Gasteiger partial charge in [0.1, 0.15) is 5.69 Å². The summed E-state index contributed by atoms with van der Waals surface area (Å²) in [6.07, 6.45) is 6.87. The lowest BCUT2D eigenvalue weighted by Crippen LogP contribution is -2.17. The molecule has 0 amide bonds. The van der Waals surface area contributed by atoms with Crippen molar-refractivity contribution in [2.24, 2.45) is 0 Å². The highest BCUT2D eigenvalue weighted by Crippen LogP contribution is 2.36. The Morgan fingerprint density at radius 1 is 1.27 bits per heavy atom. The van der Waals surface area contributed by atoms with Crippen LogP contribution in [-0.2, 0) is 11.2 Å². The summed E-state index contributed by atoms with van der Waals surface area (Å²) in [5, 5.41) is 2.04. The zero-order chi connectivity index (χ0) is 18.5. The van der Waals surface area contributed by atoms with Crippen LogP contribution in [0.5, 0.6) is 0 Å². The monoisotopic (exact) mass is 373 g/mol. The van der Waals surface area contributed by atoms with E-state index in [0.717, 1.165) is 30.5 Å². The molecule has 2 heterocycles. The number of hydrogen-bond donors (Lipinski definition) is 1. The predicted molar refractivity (Wildman–Crippen MR) is 104 cm³/mol. The van der Waals surface area contributed by atoms with E-state index in [2.05, 4.69) is 18.0 Å². The zero-order valence-corrected chi connectivity index (χ0v) is 16.4. The van der Waals surface area contributed by atoms with Gasteiger partial charge in [0, 0.05) is 28.5 Å². The molecule has 0 saturated carbocycles. The molecular formula is C21H27NO3S. The number of aromatic nitrogens is 1. The van der Waals surface area contributed by atoms with Crippen LogP contribution in [0.2, 0.25) is 0 Å². The van der Waals surface area contributed by atoms with Gasteiger partial charge in [0.25, 0.3) is 0 Å². The van der Waals surface area contributed by atoms with Gasteiger partial charge in [-0.15, -0.1) is 11.3 Å². The molecule has 4 nitrogen and oxygen atoms in total. The van der Waals surface area contributed by atoms with E-state index in [1.54, 1.807) is 11.3 Å². The van der Waals surface area contributed by atoms with Crippen LogP contribution in [-0.4, -0.2) is 23.3 Å². The zero-order valence-electron chi connectivity index (χ0n) is 15.6. The van der Waals surface area contributed by atoms with Gasteiger partial charge in [0.2, 0.25) is 0 Å². The molecule has 1 aliphatic carbocycles. The number of thiophene rings is 1. The van der Waals surface area contributed by atoms with Crippen LogP contribution in [0.25, 0.3) is 0 Å². The van der Waals surface area contributed by atoms with Gasteiger partial charge in [0.15, 0.2) is 5.78 Å². The molecule has 0 aliphatic heterocycles. The topological polar surface area (TPSA) is 59.2 Å². The third-order valence-corrected chi connectivity index (χ3v) is 6.15. The van der Waals surface area contributed by atoms with E-state index in [0.29, 0.717) is 24.3 Å². The molecule has 1 N–H and O–H groups in total. The summed E-state index contributed by atoms with van der Waals surface area (Å²) < 4.78 is 5.42. The van der Waals surface area contributed by atoms with E-state index in [1.165, 1.54) is 24.1 Å². The second-order valence-electron chi connectivity index (χ2n) is 7.07. The van der Waals surface area contributed by atoms with Crippen molar-refractivity contribution < 1.29 is 14.3 Å². The second-order valence-corrected chi connectivity index (χ2v) is 8.05. The lowest BCUT2D eigenvalue weighted by atomic mass is 9.84. The molecule has 1 aliphatic rings. The number of ketones is 1. The van der Waals surface area contributed by atoms with Crippen molar-refractivity contribution in [2.45, 2.75) is 64.7 Å². The molecule has 0 radical (unpaired) electrons. The van der Waals surface area contributed by atoms with E-state index >= 15 is 0 Å². The minimum atomic E-state index is -0.340. The highest BCUT2D eigenvalue weighted by molar-refractivity contribution is 7.10. The first-order valence-electron chi connectivity index (χ1n) is 9.57. The van der Waals surface area contributed by atoms with Crippen molar-refractivity contribution in [2.75, 3.05) is 6.61 Å². The van der Waals surface area contributed by atoms with Gasteiger partial charge in [0.05, 0.1) is 6.61 Å². The number of carbonyl (C=O) groups excluding carboxylic acids is 2. The van der Waals surface area contributed by atoms with Crippen LogP contribution in [0.4, 0.5) is 0 Å². The average molecular weight is 374 g/mol. The summed E-state index contributed by atoms with van der Waals surface area (Å²) >= 11 is 1.68. The fourth-order valence-corrected chi connectivity index (χ4v) is 4.54. The molecule has 5 heteroatoms. The molecule has 0 bridgehead atoms. The molecule has 26 heavy (non-hydrogen) atoms. The molecular weight excluding hydrogens is 346 g/mol. The number of hydrogen-bond acceptors (Lipinski definition) is 4. The Balaban J connectivity index is 1.65. The van der Waals surface area contributed by atoms with E-state index in [4.69, 9.17) is 4.74 Å². The fraction of sp³-hybridized carbons (Fsp3) is 0.524. The number of fused-ring (bicyclic) bond motifs is 1. The number of carbonyl (C=O) groups is 2. The van der Waals surface area contributed by atoms with Gasteiger partial charge in [-0.3, -0.25) is 4.79 Å². The Morgan fingerprint density at radius 3 is 2.81 bits per heavy atom. The third-order valence-electron chi connectivity index (χ3n) is 5.12. The molecule has 140 valence electrons. The molecule has 2 aromatic heterocycles. The largest absolute Gasteiger partial charge is 0.461 e. The number of unbranched alkanes of at least 4 members (excludes halogenated alkanes) is 4. The molecule has 0 fully saturated rings. The van der Waals surface area contributed by atoms with Crippen molar-refractivity contribution >= 4 is 23.1 Å². The van der Waals surface area contributed by atoms with E-state index in [9.17, 15) is 9.59 Å².